The second-order valence-electron chi connectivity index (χ2n) is 5.05. The predicted octanol–water partition coefficient (Wildman–Crippen LogP) is 3.77. The van der Waals surface area contributed by atoms with Gasteiger partial charge in [0.25, 0.3) is 0 Å². The standard InChI is InChI=1S/C12H18BrClN2O2/c1-12(2,3)9(18-5)11-15-7(6-17-4)8(13)10(14)16-11/h9H,6H2,1-5H3. The van der Waals surface area contributed by atoms with Gasteiger partial charge in [0.1, 0.15) is 11.3 Å². The molecular formula is C12H18BrClN2O2. The Labute approximate surface area is 121 Å². The van der Waals surface area contributed by atoms with E-state index in [9.17, 15) is 0 Å². The molecule has 0 aliphatic heterocycles. The van der Waals surface area contributed by atoms with Crippen molar-refractivity contribution >= 4 is 27.5 Å². The van der Waals surface area contributed by atoms with E-state index in [0.717, 1.165) is 5.69 Å². The zero-order chi connectivity index (χ0) is 13.9. The van der Waals surface area contributed by atoms with Gasteiger partial charge in [0.15, 0.2) is 5.82 Å². The van der Waals surface area contributed by atoms with Gasteiger partial charge in [-0.1, -0.05) is 32.4 Å². The van der Waals surface area contributed by atoms with Crippen LogP contribution in [-0.2, 0) is 16.1 Å². The monoisotopic (exact) mass is 336 g/mol. The van der Waals surface area contributed by atoms with Gasteiger partial charge in [-0.3, -0.25) is 0 Å². The van der Waals surface area contributed by atoms with E-state index in [-0.39, 0.29) is 11.5 Å². The van der Waals surface area contributed by atoms with Crippen LogP contribution in [0.2, 0.25) is 5.15 Å². The van der Waals surface area contributed by atoms with Crippen LogP contribution in [0.1, 0.15) is 38.4 Å². The molecule has 0 aliphatic rings. The molecule has 0 radical (unpaired) electrons. The van der Waals surface area contributed by atoms with E-state index in [2.05, 4.69) is 46.7 Å². The molecule has 0 amide bonds. The maximum atomic E-state index is 6.10. The molecule has 1 unspecified atom stereocenters. The van der Waals surface area contributed by atoms with Crippen molar-refractivity contribution in [3.8, 4) is 0 Å². The molecule has 1 rings (SSSR count). The summed E-state index contributed by atoms with van der Waals surface area (Å²) < 4.78 is 11.3. The summed E-state index contributed by atoms with van der Waals surface area (Å²) in [6, 6.07) is 0. The summed E-state index contributed by atoms with van der Waals surface area (Å²) >= 11 is 9.46. The Morgan fingerprint density at radius 1 is 1.28 bits per heavy atom. The topological polar surface area (TPSA) is 44.2 Å². The first-order valence-electron chi connectivity index (χ1n) is 5.54. The molecule has 0 saturated heterocycles. The van der Waals surface area contributed by atoms with E-state index >= 15 is 0 Å². The number of hydrogen-bond acceptors (Lipinski definition) is 4. The highest BCUT2D eigenvalue weighted by atomic mass is 79.9. The third kappa shape index (κ3) is 3.63. The van der Waals surface area contributed by atoms with Crippen LogP contribution in [0.4, 0.5) is 0 Å². The first-order chi connectivity index (χ1) is 8.31. The number of nitrogens with zero attached hydrogens (tertiary/aromatic N) is 2. The summed E-state index contributed by atoms with van der Waals surface area (Å²) in [7, 11) is 3.25. The van der Waals surface area contributed by atoms with Gasteiger partial charge >= 0.3 is 0 Å². The normalized spacial score (nSPS) is 13.7. The number of aromatic nitrogens is 2. The fourth-order valence-corrected chi connectivity index (χ4v) is 2.16. The summed E-state index contributed by atoms with van der Waals surface area (Å²) in [4.78, 5) is 8.75. The maximum absolute atomic E-state index is 6.10. The molecule has 1 atom stereocenters. The largest absolute Gasteiger partial charge is 0.378 e. The summed E-state index contributed by atoms with van der Waals surface area (Å²) in [5.74, 6) is 0.574. The fraction of sp³-hybridized carbons (Fsp3) is 0.667. The van der Waals surface area contributed by atoms with Gasteiger partial charge in [-0.25, -0.2) is 9.97 Å². The van der Waals surface area contributed by atoms with E-state index < -0.39 is 0 Å². The summed E-state index contributed by atoms with van der Waals surface area (Å²) in [6.07, 6.45) is -0.223. The molecule has 0 aliphatic carbocycles. The number of halogens is 2. The Morgan fingerprint density at radius 3 is 2.33 bits per heavy atom. The predicted molar refractivity (Wildman–Crippen MR) is 74.7 cm³/mol. The number of methoxy groups -OCH3 is 2. The van der Waals surface area contributed by atoms with Crippen molar-refractivity contribution in [3.05, 3.63) is 21.1 Å². The zero-order valence-electron chi connectivity index (χ0n) is 11.3. The molecule has 18 heavy (non-hydrogen) atoms. The van der Waals surface area contributed by atoms with Crippen LogP contribution in [0.15, 0.2) is 4.47 Å². The van der Waals surface area contributed by atoms with E-state index in [0.29, 0.717) is 22.1 Å². The Kier molecular flexibility index (Phi) is 5.52. The zero-order valence-corrected chi connectivity index (χ0v) is 13.6. The third-order valence-electron chi connectivity index (χ3n) is 2.43. The van der Waals surface area contributed by atoms with Crippen LogP contribution >= 0.6 is 27.5 Å². The second-order valence-corrected chi connectivity index (χ2v) is 6.20. The highest BCUT2D eigenvalue weighted by Gasteiger charge is 2.29. The van der Waals surface area contributed by atoms with Crippen LogP contribution in [0, 0.1) is 5.41 Å². The lowest BCUT2D eigenvalue weighted by molar-refractivity contribution is 0.00822. The van der Waals surface area contributed by atoms with Crippen molar-refractivity contribution in [2.75, 3.05) is 14.2 Å². The Balaban J connectivity index is 3.24. The van der Waals surface area contributed by atoms with Crippen molar-refractivity contribution < 1.29 is 9.47 Å². The van der Waals surface area contributed by atoms with Crippen LogP contribution in [0.3, 0.4) is 0 Å². The van der Waals surface area contributed by atoms with E-state index in [1.54, 1.807) is 14.2 Å². The van der Waals surface area contributed by atoms with Crippen molar-refractivity contribution in [1.29, 1.82) is 0 Å². The van der Waals surface area contributed by atoms with Crippen molar-refractivity contribution in [1.82, 2.24) is 9.97 Å². The summed E-state index contributed by atoms with van der Waals surface area (Å²) in [5.41, 5.74) is 0.606. The van der Waals surface area contributed by atoms with Crippen LogP contribution in [0.25, 0.3) is 0 Å². The molecule has 0 bridgehead atoms. The molecule has 1 aromatic heterocycles. The molecule has 1 heterocycles. The lowest BCUT2D eigenvalue weighted by Crippen LogP contribution is -2.23. The third-order valence-corrected chi connectivity index (χ3v) is 3.77. The molecule has 102 valence electrons. The highest BCUT2D eigenvalue weighted by Crippen LogP contribution is 2.35. The lowest BCUT2D eigenvalue weighted by atomic mass is 9.88. The first kappa shape index (κ1) is 15.8. The van der Waals surface area contributed by atoms with Gasteiger partial charge in [-0.15, -0.1) is 0 Å². The second kappa shape index (κ2) is 6.28. The summed E-state index contributed by atoms with van der Waals surface area (Å²) in [5, 5.41) is 0.373. The Hall–Kier alpha value is -0.230. The lowest BCUT2D eigenvalue weighted by Gasteiger charge is -2.28. The molecule has 0 aromatic carbocycles. The minimum atomic E-state index is -0.223. The van der Waals surface area contributed by atoms with Crippen LogP contribution < -0.4 is 0 Å². The maximum Gasteiger partial charge on any atom is 0.159 e. The average molecular weight is 338 g/mol. The number of hydrogen-bond donors (Lipinski definition) is 0. The Morgan fingerprint density at radius 2 is 1.89 bits per heavy atom. The molecule has 1 aromatic rings. The van der Waals surface area contributed by atoms with Crippen LogP contribution in [0.5, 0.6) is 0 Å². The van der Waals surface area contributed by atoms with Gasteiger partial charge in [-0.05, 0) is 21.3 Å². The molecule has 0 saturated carbocycles. The SMILES string of the molecule is COCc1nc(C(OC)C(C)(C)C)nc(Cl)c1Br. The molecular weight excluding hydrogens is 320 g/mol. The van der Waals surface area contributed by atoms with E-state index in [4.69, 9.17) is 21.1 Å². The molecule has 0 spiro atoms. The van der Waals surface area contributed by atoms with Crippen molar-refractivity contribution in [2.45, 2.75) is 33.5 Å². The van der Waals surface area contributed by atoms with E-state index in [1.807, 2.05) is 0 Å². The minimum Gasteiger partial charge on any atom is -0.378 e. The van der Waals surface area contributed by atoms with Gasteiger partial charge in [-0.2, -0.15) is 0 Å². The molecule has 0 fully saturated rings. The smallest absolute Gasteiger partial charge is 0.159 e. The summed E-state index contributed by atoms with van der Waals surface area (Å²) in [6.45, 7) is 6.57. The van der Waals surface area contributed by atoms with Gasteiger partial charge in [0.05, 0.1) is 16.8 Å². The van der Waals surface area contributed by atoms with Crippen molar-refractivity contribution in [3.63, 3.8) is 0 Å². The average Bonchev–Trinajstić information content (AvgIpc) is 2.24. The number of rotatable bonds is 4. The number of ether oxygens (including phenoxy) is 2. The Bertz CT molecular complexity index is 421. The quantitative estimate of drug-likeness (QED) is 0.784. The van der Waals surface area contributed by atoms with Gasteiger partial charge in [0, 0.05) is 14.2 Å². The van der Waals surface area contributed by atoms with Crippen LogP contribution in [-0.4, -0.2) is 24.2 Å². The first-order valence-corrected chi connectivity index (χ1v) is 6.72. The van der Waals surface area contributed by atoms with Gasteiger partial charge < -0.3 is 9.47 Å². The van der Waals surface area contributed by atoms with Gasteiger partial charge in [0.2, 0.25) is 0 Å². The molecule has 6 heteroatoms. The molecule has 4 nitrogen and oxygen atoms in total. The minimum absolute atomic E-state index is 0.115. The fourth-order valence-electron chi connectivity index (χ4n) is 1.68. The highest BCUT2D eigenvalue weighted by molar-refractivity contribution is 9.10. The molecule has 0 N–H and O–H groups in total. The van der Waals surface area contributed by atoms with E-state index in [1.165, 1.54) is 0 Å². The van der Waals surface area contributed by atoms with Crippen molar-refractivity contribution in [2.24, 2.45) is 5.41 Å².